The minimum absolute atomic E-state index is 0.0385. The van der Waals surface area contributed by atoms with E-state index in [1.807, 2.05) is 13.8 Å². The molecule has 0 saturated heterocycles. The van der Waals surface area contributed by atoms with Crippen molar-refractivity contribution in [3.05, 3.63) is 28.3 Å². The lowest BCUT2D eigenvalue weighted by Crippen LogP contribution is -2.26. The van der Waals surface area contributed by atoms with Gasteiger partial charge in [0.05, 0.1) is 22.5 Å². The van der Waals surface area contributed by atoms with Gasteiger partial charge in [-0.2, -0.15) is 0 Å². The first-order chi connectivity index (χ1) is 12.8. The molecule has 1 N–H and O–H groups in total. The standard InChI is InChI=1S/C20H26N2O5/c1-4-26-21-12(18-14(23)6-5-7-15(18)24)8-9-13-19-16(25)10-20(2,3)11-17(19)27-22-13/h23H,4-11H2,1-3H3/b21-12+. The number of Topliss-reactive ketones (excluding diaryl/α,β-unsaturated/α-hetero) is 2. The van der Waals surface area contributed by atoms with Crippen molar-refractivity contribution in [1.29, 1.82) is 0 Å². The molecule has 2 aliphatic rings. The van der Waals surface area contributed by atoms with Crippen molar-refractivity contribution in [2.75, 3.05) is 6.61 Å². The Kier molecular flexibility index (Phi) is 5.48. The number of hydrogen-bond acceptors (Lipinski definition) is 7. The number of aliphatic hydroxyl groups excluding tert-OH is 1. The number of aliphatic hydroxyl groups is 1. The number of oxime groups is 1. The summed E-state index contributed by atoms with van der Waals surface area (Å²) in [5.41, 5.74) is 1.67. The van der Waals surface area contributed by atoms with Crippen LogP contribution < -0.4 is 0 Å². The molecule has 0 saturated carbocycles. The summed E-state index contributed by atoms with van der Waals surface area (Å²) in [4.78, 5) is 30.0. The summed E-state index contributed by atoms with van der Waals surface area (Å²) in [5.74, 6) is 0.601. The van der Waals surface area contributed by atoms with Crippen LogP contribution in [0.5, 0.6) is 0 Å². The molecule has 0 spiro atoms. The van der Waals surface area contributed by atoms with Crippen LogP contribution >= 0.6 is 0 Å². The highest BCUT2D eigenvalue weighted by atomic mass is 16.6. The van der Waals surface area contributed by atoms with Gasteiger partial charge in [-0.3, -0.25) is 9.59 Å². The molecule has 1 heterocycles. The lowest BCUT2D eigenvalue weighted by atomic mass is 9.76. The molecule has 3 rings (SSSR count). The van der Waals surface area contributed by atoms with E-state index in [-0.39, 0.29) is 28.3 Å². The van der Waals surface area contributed by atoms with Gasteiger partial charge in [-0.25, -0.2) is 0 Å². The average Bonchev–Trinajstić information content (AvgIpc) is 2.98. The SMILES string of the molecule is CCO/N=C(\CCc1noc2c1C(=O)CC(C)(C)C2)C1=C(O)CCCC1=O. The molecule has 2 aliphatic carbocycles. The van der Waals surface area contributed by atoms with E-state index in [1.165, 1.54) is 0 Å². The number of ketones is 2. The summed E-state index contributed by atoms with van der Waals surface area (Å²) < 4.78 is 5.42. The van der Waals surface area contributed by atoms with Crippen molar-refractivity contribution in [3.63, 3.8) is 0 Å². The third kappa shape index (κ3) is 4.12. The topological polar surface area (TPSA) is 102 Å². The Morgan fingerprint density at radius 1 is 1.26 bits per heavy atom. The molecule has 146 valence electrons. The van der Waals surface area contributed by atoms with Gasteiger partial charge in [0.25, 0.3) is 0 Å². The number of fused-ring (bicyclic) bond motifs is 1. The Morgan fingerprint density at radius 3 is 2.74 bits per heavy atom. The average molecular weight is 374 g/mol. The second kappa shape index (κ2) is 7.66. The fraction of sp³-hybridized carbons (Fsp3) is 0.600. The van der Waals surface area contributed by atoms with Crippen LogP contribution in [-0.2, 0) is 22.5 Å². The molecule has 0 aliphatic heterocycles. The number of carbonyl (C=O) groups excluding carboxylic acids is 2. The van der Waals surface area contributed by atoms with Gasteiger partial charge in [-0.05, 0) is 31.6 Å². The summed E-state index contributed by atoms with van der Waals surface area (Å²) >= 11 is 0. The molecule has 0 bridgehead atoms. The number of hydrogen-bond donors (Lipinski definition) is 1. The molecule has 0 atom stereocenters. The third-order valence-corrected chi connectivity index (χ3v) is 4.97. The van der Waals surface area contributed by atoms with Crippen LogP contribution in [0.4, 0.5) is 0 Å². The summed E-state index contributed by atoms with van der Waals surface area (Å²) in [6, 6.07) is 0. The van der Waals surface area contributed by atoms with E-state index < -0.39 is 0 Å². The quantitative estimate of drug-likeness (QED) is 0.601. The van der Waals surface area contributed by atoms with Crippen molar-refractivity contribution < 1.29 is 24.1 Å². The Morgan fingerprint density at radius 2 is 2.04 bits per heavy atom. The molecule has 7 nitrogen and oxygen atoms in total. The van der Waals surface area contributed by atoms with Gasteiger partial charge in [-0.1, -0.05) is 24.2 Å². The molecular formula is C20H26N2O5. The van der Waals surface area contributed by atoms with Crippen LogP contribution in [-0.4, -0.2) is 34.1 Å². The summed E-state index contributed by atoms with van der Waals surface area (Å²) in [6.45, 7) is 6.23. The maximum atomic E-state index is 12.5. The largest absolute Gasteiger partial charge is 0.511 e. The minimum atomic E-state index is -0.131. The van der Waals surface area contributed by atoms with Gasteiger partial charge in [0.1, 0.15) is 18.1 Å². The molecule has 27 heavy (non-hydrogen) atoms. The maximum absolute atomic E-state index is 12.5. The van der Waals surface area contributed by atoms with Crippen LogP contribution in [0.3, 0.4) is 0 Å². The minimum Gasteiger partial charge on any atom is -0.511 e. The lowest BCUT2D eigenvalue weighted by Gasteiger charge is -2.26. The third-order valence-electron chi connectivity index (χ3n) is 4.97. The van der Waals surface area contributed by atoms with E-state index >= 15 is 0 Å². The second-order valence-corrected chi connectivity index (χ2v) is 7.92. The van der Waals surface area contributed by atoms with Gasteiger partial charge in [0, 0.05) is 25.7 Å². The van der Waals surface area contributed by atoms with Gasteiger partial charge >= 0.3 is 0 Å². The van der Waals surface area contributed by atoms with Crippen LogP contribution in [0.15, 0.2) is 21.0 Å². The molecule has 1 aromatic rings. The highest BCUT2D eigenvalue weighted by Gasteiger charge is 2.36. The number of rotatable bonds is 6. The second-order valence-electron chi connectivity index (χ2n) is 7.92. The number of nitrogens with zero attached hydrogens (tertiary/aromatic N) is 2. The smallest absolute Gasteiger partial charge is 0.168 e. The highest BCUT2D eigenvalue weighted by molar-refractivity contribution is 6.23. The van der Waals surface area contributed by atoms with Crippen LogP contribution in [0.1, 0.15) is 74.7 Å². The molecule has 0 radical (unpaired) electrons. The fourth-order valence-corrected chi connectivity index (χ4v) is 3.74. The predicted molar refractivity (Wildman–Crippen MR) is 98.8 cm³/mol. The first kappa shape index (κ1) is 19.3. The Balaban J connectivity index is 1.83. The Bertz CT molecular complexity index is 816. The van der Waals surface area contributed by atoms with E-state index in [1.54, 1.807) is 6.92 Å². The summed E-state index contributed by atoms with van der Waals surface area (Å²) in [5, 5.41) is 18.3. The zero-order valence-electron chi connectivity index (χ0n) is 16.1. The first-order valence-electron chi connectivity index (χ1n) is 9.47. The normalized spacial score (nSPS) is 20.0. The van der Waals surface area contributed by atoms with Crippen LogP contribution in [0.25, 0.3) is 0 Å². The van der Waals surface area contributed by atoms with Crippen molar-refractivity contribution in [2.24, 2.45) is 10.6 Å². The van der Waals surface area contributed by atoms with Crippen LogP contribution in [0.2, 0.25) is 0 Å². The Labute approximate surface area is 158 Å². The molecule has 0 aromatic carbocycles. The number of allylic oxidation sites excluding steroid dienone is 2. The number of aromatic nitrogens is 1. The van der Waals surface area contributed by atoms with Gasteiger partial charge in [0.2, 0.25) is 0 Å². The van der Waals surface area contributed by atoms with E-state index in [0.717, 1.165) is 0 Å². The zero-order chi connectivity index (χ0) is 19.6. The van der Waals surface area contributed by atoms with Crippen molar-refractivity contribution in [1.82, 2.24) is 5.16 Å². The van der Waals surface area contributed by atoms with Gasteiger partial charge in [-0.15, -0.1) is 0 Å². The van der Waals surface area contributed by atoms with Gasteiger partial charge in [0.15, 0.2) is 11.6 Å². The first-order valence-corrected chi connectivity index (χ1v) is 9.47. The van der Waals surface area contributed by atoms with Crippen LogP contribution in [0, 0.1) is 5.41 Å². The molecular weight excluding hydrogens is 348 g/mol. The van der Waals surface area contributed by atoms with E-state index in [0.29, 0.717) is 74.3 Å². The molecule has 7 heteroatoms. The zero-order valence-corrected chi connectivity index (χ0v) is 16.1. The van der Waals surface area contributed by atoms with Crippen molar-refractivity contribution >= 4 is 17.3 Å². The number of carbonyl (C=O) groups is 2. The molecule has 1 aromatic heterocycles. The predicted octanol–water partition coefficient (Wildman–Crippen LogP) is 3.72. The lowest BCUT2D eigenvalue weighted by molar-refractivity contribution is -0.115. The monoisotopic (exact) mass is 374 g/mol. The molecule has 0 unspecified atom stereocenters. The Hall–Kier alpha value is -2.44. The van der Waals surface area contributed by atoms with Crippen molar-refractivity contribution in [3.8, 4) is 0 Å². The summed E-state index contributed by atoms with van der Waals surface area (Å²) in [6.07, 6.45) is 3.33. The summed E-state index contributed by atoms with van der Waals surface area (Å²) in [7, 11) is 0. The molecule has 0 fully saturated rings. The van der Waals surface area contributed by atoms with Crippen molar-refractivity contribution in [2.45, 2.75) is 65.7 Å². The van der Waals surface area contributed by atoms with E-state index in [4.69, 9.17) is 9.36 Å². The maximum Gasteiger partial charge on any atom is 0.168 e. The van der Waals surface area contributed by atoms with E-state index in [9.17, 15) is 14.7 Å². The number of aryl methyl sites for hydroxylation is 1. The van der Waals surface area contributed by atoms with Gasteiger partial charge < -0.3 is 14.5 Å². The molecule has 0 amide bonds. The highest BCUT2D eigenvalue weighted by Crippen LogP contribution is 2.36. The van der Waals surface area contributed by atoms with E-state index in [2.05, 4.69) is 10.3 Å². The fourth-order valence-electron chi connectivity index (χ4n) is 3.74.